The Hall–Kier alpha value is -2.28. The largest absolute Gasteiger partial charge is 0.479 e. The Balaban J connectivity index is 2.25. The highest BCUT2D eigenvalue weighted by Crippen LogP contribution is 2.35. The molecule has 1 aromatic carbocycles. The first kappa shape index (κ1) is 17.1. The van der Waals surface area contributed by atoms with Crippen LogP contribution in [0.25, 0.3) is 0 Å². The molecule has 0 saturated carbocycles. The Labute approximate surface area is 134 Å². The van der Waals surface area contributed by atoms with E-state index in [1.54, 1.807) is 18.2 Å². The number of amides is 1. The smallest absolute Gasteiger partial charge is 0.333 e. The van der Waals surface area contributed by atoms with Crippen LogP contribution in [0.3, 0.4) is 0 Å². The maximum atomic E-state index is 12.3. The number of carboxylic acids is 1. The minimum atomic E-state index is -1.60. The van der Waals surface area contributed by atoms with Crippen LogP contribution in [0.1, 0.15) is 32.8 Å². The molecule has 2 atom stereocenters. The molecule has 23 heavy (non-hydrogen) atoms. The summed E-state index contributed by atoms with van der Waals surface area (Å²) >= 11 is 0. The highest BCUT2D eigenvalue weighted by Gasteiger charge is 2.39. The van der Waals surface area contributed by atoms with Crippen LogP contribution >= 0.6 is 0 Å². The first-order chi connectivity index (χ1) is 10.7. The van der Waals surface area contributed by atoms with E-state index in [4.69, 9.17) is 15.2 Å². The summed E-state index contributed by atoms with van der Waals surface area (Å²) in [5, 5.41) is 12.2. The number of aliphatic carboxylic acids is 1. The molecule has 0 saturated heterocycles. The second kappa shape index (κ2) is 6.45. The number of hydrogen-bond acceptors (Lipinski definition) is 5. The van der Waals surface area contributed by atoms with Crippen molar-refractivity contribution in [2.75, 3.05) is 6.79 Å². The van der Waals surface area contributed by atoms with Crippen molar-refractivity contribution in [3.63, 3.8) is 0 Å². The number of fused-ring (bicyclic) bond motifs is 1. The zero-order valence-corrected chi connectivity index (χ0v) is 13.5. The molecule has 1 heterocycles. The van der Waals surface area contributed by atoms with Gasteiger partial charge in [-0.3, -0.25) is 4.79 Å². The molecule has 1 unspecified atom stereocenters. The van der Waals surface area contributed by atoms with Gasteiger partial charge in [-0.15, -0.1) is 0 Å². The van der Waals surface area contributed by atoms with E-state index in [-0.39, 0.29) is 12.7 Å². The van der Waals surface area contributed by atoms with Gasteiger partial charge in [0, 0.05) is 0 Å². The van der Waals surface area contributed by atoms with Gasteiger partial charge in [-0.05, 0) is 37.0 Å². The number of hydrogen-bond donors (Lipinski definition) is 3. The lowest BCUT2D eigenvalue weighted by Crippen LogP contribution is -2.54. The van der Waals surface area contributed by atoms with E-state index in [9.17, 15) is 14.7 Å². The molecule has 0 bridgehead atoms. The third-order valence-electron chi connectivity index (χ3n) is 3.81. The molecule has 4 N–H and O–H groups in total. The topological polar surface area (TPSA) is 111 Å². The summed E-state index contributed by atoms with van der Waals surface area (Å²) in [5.74, 6) is -0.444. The van der Waals surface area contributed by atoms with Crippen LogP contribution in [-0.2, 0) is 15.1 Å². The van der Waals surface area contributed by atoms with Gasteiger partial charge in [-0.2, -0.15) is 0 Å². The molecule has 7 heteroatoms. The van der Waals surface area contributed by atoms with Gasteiger partial charge in [0.2, 0.25) is 12.7 Å². The van der Waals surface area contributed by atoms with Crippen LogP contribution in [-0.4, -0.2) is 29.8 Å². The van der Waals surface area contributed by atoms with Gasteiger partial charge < -0.3 is 25.6 Å². The molecule has 1 aromatic rings. The average Bonchev–Trinajstić information content (AvgIpc) is 2.93. The van der Waals surface area contributed by atoms with Crippen molar-refractivity contribution in [2.24, 2.45) is 11.7 Å². The highest BCUT2D eigenvalue weighted by atomic mass is 16.7. The molecule has 0 radical (unpaired) electrons. The zero-order valence-electron chi connectivity index (χ0n) is 13.5. The number of carbonyl (C=O) groups excluding carboxylic acids is 1. The van der Waals surface area contributed by atoms with Gasteiger partial charge in [0.05, 0.1) is 6.04 Å². The molecule has 1 amide bonds. The Morgan fingerprint density at radius 3 is 2.61 bits per heavy atom. The fourth-order valence-corrected chi connectivity index (χ4v) is 2.41. The van der Waals surface area contributed by atoms with Gasteiger partial charge in [-0.25, -0.2) is 4.79 Å². The molecule has 0 spiro atoms. The highest BCUT2D eigenvalue weighted by molar-refractivity contribution is 5.90. The lowest BCUT2D eigenvalue weighted by atomic mass is 9.90. The van der Waals surface area contributed by atoms with E-state index in [1.165, 1.54) is 6.92 Å². The number of rotatable bonds is 6. The molecule has 1 aliphatic heterocycles. The van der Waals surface area contributed by atoms with Crippen LogP contribution < -0.4 is 20.5 Å². The lowest BCUT2D eigenvalue weighted by molar-refractivity contribution is -0.147. The summed E-state index contributed by atoms with van der Waals surface area (Å²) in [6.45, 7) is 5.41. The van der Waals surface area contributed by atoms with E-state index >= 15 is 0 Å². The summed E-state index contributed by atoms with van der Waals surface area (Å²) in [7, 11) is 0. The molecular weight excluding hydrogens is 300 g/mol. The number of carboxylic acid groups (broad SMARTS) is 1. The van der Waals surface area contributed by atoms with Crippen molar-refractivity contribution in [2.45, 2.75) is 38.8 Å². The van der Waals surface area contributed by atoms with Crippen LogP contribution in [0, 0.1) is 5.92 Å². The molecule has 0 aliphatic carbocycles. The van der Waals surface area contributed by atoms with Gasteiger partial charge in [0.15, 0.2) is 17.0 Å². The molecular formula is C16H22N2O5. The molecule has 2 rings (SSSR count). The van der Waals surface area contributed by atoms with Crippen LogP contribution in [0.5, 0.6) is 11.5 Å². The van der Waals surface area contributed by atoms with Gasteiger partial charge in [-0.1, -0.05) is 19.9 Å². The zero-order chi connectivity index (χ0) is 17.2. The van der Waals surface area contributed by atoms with Crippen molar-refractivity contribution in [1.82, 2.24) is 5.32 Å². The SMILES string of the molecule is CC(C)C[C@H](N)C(=O)NC(C)(C(=O)O)c1ccc2c(c1)OCO2. The van der Waals surface area contributed by atoms with Crippen LogP contribution in [0.2, 0.25) is 0 Å². The fourth-order valence-electron chi connectivity index (χ4n) is 2.41. The number of ether oxygens (including phenoxy) is 2. The predicted molar refractivity (Wildman–Crippen MR) is 83.1 cm³/mol. The molecule has 0 fully saturated rings. The first-order valence-corrected chi connectivity index (χ1v) is 7.45. The summed E-state index contributed by atoms with van der Waals surface area (Å²) in [6.07, 6.45) is 0.475. The fraction of sp³-hybridized carbons (Fsp3) is 0.500. The van der Waals surface area contributed by atoms with Gasteiger partial charge in [0.25, 0.3) is 0 Å². The van der Waals surface area contributed by atoms with Crippen molar-refractivity contribution >= 4 is 11.9 Å². The van der Waals surface area contributed by atoms with Crippen molar-refractivity contribution in [3.8, 4) is 11.5 Å². The van der Waals surface area contributed by atoms with Gasteiger partial charge in [0.1, 0.15) is 0 Å². The standard InChI is InChI=1S/C16H22N2O5/c1-9(2)6-11(17)14(19)18-16(3,15(20)21)10-4-5-12-13(7-10)23-8-22-12/h4-5,7,9,11H,6,8,17H2,1-3H3,(H,18,19)(H,20,21)/t11-,16?/m0/s1. The summed E-state index contributed by atoms with van der Waals surface area (Å²) in [5.41, 5.74) is 4.63. The number of nitrogens with two attached hydrogens (primary N) is 1. The quantitative estimate of drug-likeness (QED) is 0.726. The molecule has 0 aromatic heterocycles. The summed E-state index contributed by atoms with van der Waals surface area (Å²) in [4.78, 5) is 24.0. The Bertz CT molecular complexity index is 616. The monoisotopic (exact) mass is 322 g/mol. The Morgan fingerprint density at radius 2 is 2.00 bits per heavy atom. The van der Waals surface area contributed by atoms with Crippen LogP contribution in [0.4, 0.5) is 0 Å². The normalized spacial score (nSPS) is 16.7. The summed E-state index contributed by atoms with van der Waals surface area (Å²) < 4.78 is 10.5. The second-order valence-electron chi connectivity index (χ2n) is 6.22. The number of nitrogens with one attached hydrogen (secondary N) is 1. The second-order valence-corrected chi connectivity index (χ2v) is 6.22. The molecule has 126 valence electrons. The van der Waals surface area contributed by atoms with E-state index in [0.29, 0.717) is 23.5 Å². The molecule has 7 nitrogen and oxygen atoms in total. The summed E-state index contributed by atoms with van der Waals surface area (Å²) in [6, 6.07) is 4.02. The maximum absolute atomic E-state index is 12.3. The number of benzene rings is 1. The predicted octanol–water partition coefficient (Wildman–Crippen LogP) is 1.20. The minimum Gasteiger partial charge on any atom is -0.479 e. The lowest BCUT2D eigenvalue weighted by Gasteiger charge is -2.28. The van der Waals surface area contributed by atoms with E-state index < -0.39 is 23.5 Å². The average molecular weight is 322 g/mol. The number of carbonyl (C=O) groups is 2. The van der Waals surface area contributed by atoms with E-state index in [1.807, 2.05) is 13.8 Å². The molecule has 1 aliphatic rings. The van der Waals surface area contributed by atoms with Crippen molar-refractivity contribution < 1.29 is 24.2 Å². The van der Waals surface area contributed by atoms with E-state index in [2.05, 4.69) is 5.32 Å². The third-order valence-corrected chi connectivity index (χ3v) is 3.81. The third kappa shape index (κ3) is 3.56. The Kier molecular flexibility index (Phi) is 4.79. The van der Waals surface area contributed by atoms with Crippen molar-refractivity contribution in [1.29, 1.82) is 0 Å². The van der Waals surface area contributed by atoms with Crippen molar-refractivity contribution in [3.05, 3.63) is 23.8 Å². The maximum Gasteiger partial charge on any atom is 0.333 e. The van der Waals surface area contributed by atoms with E-state index in [0.717, 1.165) is 0 Å². The van der Waals surface area contributed by atoms with Gasteiger partial charge >= 0.3 is 5.97 Å². The van der Waals surface area contributed by atoms with Crippen LogP contribution in [0.15, 0.2) is 18.2 Å². The first-order valence-electron chi connectivity index (χ1n) is 7.45. The Morgan fingerprint density at radius 1 is 1.35 bits per heavy atom. The minimum absolute atomic E-state index is 0.0915.